The molecule has 5 heteroatoms. The Kier molecular flexibility index (Phi) is 4.54. The largest absolute Gasteiger partial charge is 0.363 e. The molecule has 2 aliphatic heterocycles. The Morgan fingerprint density at radius 3 is 2.72 bits per heavy atom. The van der Waals surface area contributed by atoms with Crippen LogP contribution in [0.3, 0.4) is 0 Å². The van der Waals surface area contributed by atoms with Crippen molar-refractivity contribution < 1.29 is 9.53 Å². The van der Waals surface area contributed by atoms with Gasteiger partial charge in [0.25, 0.3) is 0 Å². The molecule has 4 rings (SSSR count). The zero-order chi connectivity index (χ0) is 17.4. The van der Waals surface area contributed by atoms with E-state index in [1.807, 2.05) is 30.0 Å². The lowest BCUT2D eigenvalue weighted by Gasteiger charge is -2.51. The third kappa shape index (κ3) is 3.58. The molecule has 1 atom stereocenters. The van der Waals surface area contributed by atoms with Gasteiger partial charge in [0.2, 0.25) is 5.91 Å². The van der Waals surface area contributed by atoms with Crippen LogP contribution in [0.4, 0.5) is 0 Å². The lowest BCUT2D eigenvalue weighted by atomic mass is 9.82. The van der Waals surface area contributed by atoms with Crippen LogP contribution in [0.25, 0.3) is 0 Å². The SMILES string of the molecule is Cc1cccc(CN2C(=O)COC3(CCN(CC4CC4)CC3)C2C)n1. The molecule has 1 saturated carbocycles. The van der Waals surface area contributed by atoms with E-state index in [4.69, 9.17) is 4.74 Å². The molecule has 3 aliphatic rings. The predicted octanol–water partition coefficient (Wildman–Crippen LogP) is 2.38. The number of hydrogen-bond donors (Lipinski definition) is 0. The molecule has 1 unspecified atom stereocenters. The fourth-order valence-electron chi connectivity index (χ4n) is 4.34. The first kappa shape index (κ1) is 17.0. The summed E-state index contributed by atoms with van der Waals surface area (Å²) in [5.74, 6) is 1.02. The molecule has 2 saturated heterocycles. The maximum atomic E-state index is 12.5. The van der Waals surface area contributed by atoms with Crippen molar-refractivity contribution in [1.29, 1.82) is 0 Å². The molecule has 0 N–H and O–H groups in total. The van der Waals surface area contributed by atoms with Crippen LogP contribution in [0.15, 0.2) is 18.2 Å². The molecule has 0 radical (unpaired) electrons. The summed E-state index contributed by atoms with van der Waals surface area (Å²) in [6.07, 6.45) is 4.85. The first-order valence-electron chi connectivity index (χ1n) is 9.64. The summed E-state index contributed by atoms with van der Waals surface area (Å²) in [6, 6.07) is 6.11. The molecule has 0 bridgehead atoms. The third-order valence-electron chi connectivity index (χ3n) is 6.23. The van der Waals surface area contributed by atoms with E-state index in [1.165, 1.54) is 19.4 Å². The van der Waals surface area contributed by atoms with Crippen LogP contribution in [0.1, 0.15) is 44.0 Å². The maximum absolute atomic E-state index is 12.5. The fourth-order valence-corrected chi connectivity index (χ4v) is 4.34. The highest BCUT2D eigenvalue weighted by Crippen LogP contribution is 2.38. The van der Waals surface area contributed by atoms with Gasteiger partial charge in [-0.2, -0.15) is 0 Å². The van der Waals surface area contributed by atoms with Crippen molar-refractivity contribution in [2.24, 2.45) is 5.92 Å². The molecule has 5 nitrogen and oxygen atoms in total. The third-order valence-corrected chi connectivity index (χ3v) is 6.23. The number of aromatic nitrogens is 1. The molecule has 1 aromatic heterocycles. The second kappa shape index (κ2) is 6.69. The molecule has 3 fully saturated rings. The standard InChI is InChI=1S/C20H29N3O2/c1-15-4-3-5-18(21-15)13-23-16(2)20(25-14-19(23)24)8-10-22(11-9-20)12-17-6-7-17/h3-5,16-17H,6-14H2,1-2H3. The number of amides is 1. The first-order valence-corrected chi connectivity index (χ1v) is 9.64. The number of piperidine rings is 1. The Bertz CT molecular complexity index is 636. The first-order chi connectivity index (χ1) is 12.1. The smallest absolute Gasteiger partial charge is 0.249 e. The van der Waals surface area contributed by atoms with E-state index in [1.54, 1.807) is 0 Å². The van der Waals surface area contributed by atoms with Gasteiger partial charge in [0.15, 0.2) is 0 Å². The summed E-state index contributed by atoms with van der Waals surface area (Å²) < 4.78 is 6.15. The Hall–Kier alpha value is -1.46. The van der Waals surface area contributed by atoms with Crippen molar-refractivity contribution in [2.75, 3.05) is 26.2 Å². The van der Waals surface area contributed by atoms with Crippen molar-refractivity contribution in [3.63, 3.8) is 0 Å². The highest BCUT2D eigenvalue weighted by molar-refractivity contribution is 5.78. The number of carbonyl (C=O) groups is 1. The van der Waals surface area contributed by atoms with E-state index in [0.717, 1.165) is 43.2 Å². The summed E-state index contributed by atoms with van der Waals surface area (Å²) >= 11 is 0. The Morgan fingerprint density at radius 2 is 2.04 bits per heavy atom. The van der Waals surface area contributed by atoms with Crippen LogP contribution in [0.2, 0.25) is 0 Å². The average Bonchev–Trinajstić information content (AvgIpc) is 3.41. The highest BCUT2D eigenvalue weighted by Gasteiger charge is 2.48. The van der Waals surface area contributed by atoms with Crippen molar-refractivity contribution >= 4 is 5.91 Å². The fraction of sp³-hybridized carbons (Fsp3) is 0.700. The van der Waals surface area contributed by atoms with E-state index in [0.29, 0.717) is 6.54 Å². The van der Waals surface area contributed by atoms with Crippen molar-refractivity contribution in [2.45, 2.75) is 57.7 Å². The zero-order valence-electron chi connectivity index (χ0n) is 15.4. The summed E-state index contributed by atoms with van der Waals surface area (Å²) in [5.41, 5.74) is 1.77. The minimum absolute atomic E-state index is 0.0850. The average molecular weight is 343 g/mol. The minimum Gasteiger partial charge on any atom is -0.363 e. The van der Waals surface area contributed by atoms with E-state index in [-0.39, 0.29) is 24.2 Å². The molecule has 1 aromatic rings. The van der Waals surface area contributed by atoms with Gasteiger partial charge in [-0.1, -0.05) is 6.07 Å². The normalized spacial score (nSPS) is 27.0. The van der Waals surface area contributed by atoms with Gasteiger partial charge in [-0.15, -0.1) is 0 Å². The van der Waals surface area contributed by atoms with E-state index >= 15 is 0 Å². The molecular weight excluding hydrogens is 314 g/mol. The lowest BCUT2D eigenvalue weighted by Crippen LogP contribution is -2.63. The van der Waals surface area contributed by atoms with Crippen LogP contribution >= 0.6 is 0 Å². The van der Waals surface area contributed by atoms with Crippen molar-refractivity contribution in [1.82, 2.24) is 14.8 Å². The monoisotopic (exact) mass is 343 g/mol. The molecular formula is C20H29N3O2. The van der Waals surface area contributed by atoms with Crippen LogP contribution in [-0.4, -0.2) is 58.6 Å². The van der Waals surface area contributed by atoms with E-state index in [2.05, 4.69) is 16.8 Å². The van der Waals surface area contributed by atoms with Crippen molar-refractivity contribution in [3.8, 4) is 0 Å². The minimum atomic E-state index is -0.183. The predicted molar refractivity (Wildman–Crippen MR) is 96.1 cm³/mol. The van der Waals surface area contributed by atoms with Crippen LogP contribution in [0.5, 0.6) is 0 Å². The topological polar surface area (TPSA) is 45.7 Å². The summed E-state index contributed by atoms with van der Waals surface area (Å²) in [4.78, 5) is 21.7. The molecule has 1 aliphatic carbocycles. The molecule has 3 heterocycles. The summed E-state index contributed by atoms with van der Waals surface area (Å²) in [7, 11) is 0. The Labute approximate surface area is 150 Å². The molecule has 1 spiro atoms. The quantitative estimate of drug-likeness (QED) is 0.842. The van der Waals surface area contributed by atoms with Gasteiger partial charge in [-0.05, 0) is 57.6 Å². The van der Waals surface area contributed by atoms with E-state index < -0.39 is 0 Å². The van der Waals surface area contributed by atoms with Gasteiger partial charge in [-0.25, -0.2) is 0 Å². The van der Waals surface area contributed by atoms with Gasteiger partial charge >= 0.3 is 0 Å². The number of rotatable bonds is 4. The number of likely N-dealkylation sites (tertiary alicyclic amines) is 1. The maximum Gasteiger partial charge on any atom is 0.249 e. The highest BCUT2D eigenvalue weighted by atomic mass is 16.5. The number of aryl methyl sites for hydroxylation is 1. The number of pyridine rings is 1. The number of carbonyl (C=O) groups excluding carboxylic acids is 1. The molecule has 0 aromatic carbocycles. The molecule has 1 amide bonds. The number of ether oxygens (including phenoxy) is 1. The van der Waals surface area contributed by atoms with Gasteiger partial charge < -0.3 is 14.5 Å². The van der Waals surface area contributed by atoms with Gasteiger partial charge in [0.05, 0.1) is 23.9 Å². The van der Waals surface area contributed by atoms with Crippen LogP contribution < -0.4 is 0 Å². The number of hydrogen-bond acceptors (Lipinski definition) is 4. The second-order valence-electron chi connectivity index (χ2n) is 8.07. The van der Waals surface area contributed by atoms with Crippen LogP contribution in [0, 0.1) is 12.8 Å². The van der Waals surface area contributed by atoms with Gasteiger partial charge in [0.1, 0.15) is 6.61 Å². The van der Waals surface area contributed by atoms with E-state index in [9.17, 15) is 4.79 Å². The Balaban J connectivity index is 1.44. The number of morpholine rings is 1. The zero-order valence-corrected chi connectivity index (χ0v) is 15.4. The molecule has 25 heavy (non-hydrogen) atoms. The van der Waals surface area contributed by atoms with Gasteiger partial charge in [-0.3, -0.25) is 9.78 Å². The van der Waals surface area contributed by atoms with Gasteiger partial charge in [0, 0.05) is 25.3 Å². The molecule has 136 valence electrons. The number of nitrogens with zero attached hydrogens (tertiary/aromatic N) is 3. The lowest BCUT2D eigenvalue weighted by molar-refractivity contribution is -0.188. The summed E-state index contributed by atoms with van der Waals surface area (Å²) in [6.45, 7) is 8.36. The summed E-state index contributed by atoms with van der Waals surface area (Å²) in [5, 5.41) is 0. The van der Waals surface area contributed by atoms with Crippen molar-refractivity contribution in [3.05, 3.63) is 29.6 Å². The second-order valence-corrected chi connectivity index (χ2v) is 8.07. The van der Waals surface area contributed by atoms with Crippen LogP contribution in [-0.2, 0) is 16.1 Å². The Morgan fingerprint density at radius 1 is 1.28 bits per heavy atom.